The van der Waals surface area contributed by atoms with Gasteiger partial charge in [0.15, 0.2) is 5.96 Å². The number of nitrogens with one attached hydrogen (secondary N) is 2. The summed E-state index contributed by atoms with van der Waals surface area (Å²) < 4.78 is 0.899. The molecule has 0 aromatic heterocycles. The van der Waals surface area contributed by atoms with Crippen LogP contribution in [0.25, 0.3) is 0 Å². The number of anilines is 2. The van der Waals surface area contributed by atoms with Crippen molar-refractivity contribution >= 4 is 63.1 Å². The first-order chi connectivity index (χ1) is 11.1. The van der Waals surface area contributed by atoms with Gasteiger partial charge in [-0.25, -0.2) is 4.99 Å². The average Bonchev–Trinajstić information content (AvgIpc) is 2.53. The first kappa shape index (κ1) is 20.4. The number of aliphatic imine (C=N–C) groups is 1. The Morgan fingerprint density at radius 2 is 1.79 bits per heavy atom. The molecule has 4 N–H and O–H groups in total. The molecule has 1 amide bonds. The lowest BCUT2D eigenvalue weighted by Crippen LogP contribution is -2.25. The lowest BCUT2D eigenvalue weighted by atomic mass is 10.1. The van der Waals surface area contributed by atoms with Crippen molar-refractivity contribution < 1.29 is 4.79 Å². The Labute approximate surface area is 167 Å². The van der Waals surface area contributed by atoms with Gasteiger partial charge in [0, 0.05) is 15.8 Å². The van der Waals surface area contributed by atoms with Crippen LogP contribution < -0.4 is 16.4 Å². The second-order valence-corrected chi connectivity index (χ2v) is 5.85. The van der Waals surface area contributed by atoms with Gasteiger partial charge in [-0.3, -0.25) is 4.79 Å². The summed E-state index contributed by atoms with van der Waals surface area (Å²) in [5, 5.41) is 5.75. The van der Waals surface area contributed by atoms with Crippen LogP contribution in [-0.2, 0) is 11.2 Å². The SMILES string of the molecule is CCc1cccc(NC(N)=NCC(=O)Nc2cccc(Br)c2)c1.I. The molecule has 0 aliphatic carbocycles. The zero-order valence-corrected chi connectivity index (χ0v) is 17.2. The molecule has 2 aromatic carbocycles. The maximum atomic E-state index is 11.9. The zero-order valence-electron chi connectivity index (χ0n) is 13.3. The number of guanidine groups is 1. The minimum atomic E-state index is -0.227. The van der Waals surface area contributed by atoms with Crippen LogP contribution in [0.2, 0.25) is 0 Å². The minimum Gasteiger partial charge on any atom is -0.370 e. The van der Waals surface area contributed by atoms with E-state index in [2.05, 4.69) is 38.5 Å². The fraction of sp³-hybridized carbons (Fsp3) is 0.176. The molecule has 0 radical (unpaired) electrons. The summed E-state index contributed by atoms with van der Waals surface area (Å²) >= 11 is 3.35. The lowest BCUT2D eigenvalue weighted by Gasteiger charge is -2.07. The molecule has 0 unspecified atom stereocenters. The number of nitrogens with zero attached hydrogens (tertiary/aromatic N) is 1. The molecule has 24 heavy (non-hydrogen) atoms. The molecule has 0 aliphatic rings. The number of carbonyl (C=O) groups excluding carboxylic acids is 1. The normalized spacial score (nSPS) is 10.7. The summed E-state index contributed by atoms with van der Waals surface area (Å²) in [6, 6.07) is 15.3. The van der Waals surface area contributed by atoms with E-state index in [1.807, 2.05) is 48.5 Å². The molecule has 2 aromatic rings. The minimum absolute atomic E-state index is 0. The summed E-state index contributed by atoms with van der Waals surface area (Å²) in [7, 11) is 0. The van der Waals surface area contributed by atoms with Crippen molar-refractivity contribution in [3.63, 3.8) is 0 Å². The van der Waals surface area contributed by atoms with Crippen LogP contribution >= 0.6 is 39.9 Å². The van der Waals surface area contributed by atoms with E-state index in [4.69, 9.17) is 5.73 Å². The second kappa shape index (κ2) is 10.3. The summed E-state index contributed by atoms with van der Waals surface area (Å²) in [6.07, 6.45) is 0.946. The molecule has 0 fully saturated rings. The maximum Gasteiger partial charge on any atom is 0.246 e. The molecule has 0 saturated heterocycles. The molecule has 0 saturated carbocycles. The molecular formula is C17H20BrIN4O. The monoisotopic (exact) mass is 502 g/mol. The molecule has 0 spiro atoms. The number of benzene rings is 2. The summed E-state index contributed by atoms with van der Waals surface area (Å²) in [6.45, 7) is 2.04. The fourth-order valence-corrected chi connectivity index (χ4v) is 2.38. The number of hydrogen-bond donors (Lipinski definition) is 3. The van der Waals surface area contributed by atoms with Gasteiger partial charge in [0.05, 0.1) is 0 Å². The predicted molar refractivity (Wildman–Crippen MR) is 114 cm³/mol. The van der Waals surface area contributed by atoms with E-state index in [0.29, 0.717) is 5.69 Å². The number of rotatable bonds is 5. The number of amides is 1. The van der Waals surface area contributed by atoms with E-state index >= 15 is 0 Å². The van der Waals surface area contributed by atoms with Gasteiger partial charge in [-0.2, -0.15) is 0 Å². The van der Waals surface area contributed by atoms with E-state index in [1.165, 1.54) is 5.56 Å². The molecule has 5 nitrogen and oxygen atoms in total. The Morgan fingerprint density at radius 3 is 2.46 bits per heavy atom. The Bertz CT molecular complexity index is 721. The summed E-state index contributed by atoms with van der Waals surface area (Å²) in [5.41, 5.74) is 8.59. The Morgan fingerprint density at radius 1 is 1.12 bits per heavy atom. The lowest BCUT2D eigenvalue weighted by molar-refractivity contribution is -0.114. The number of halogens is 2. The van der Waals surface area contributed by atoms with Gasteiger partial charge >= 0.3 is 0 Å². The van der Waals surface area contributed by atoms with Gasteiger partial charge in [0.1, 0.15) is 6.54 Å². The van der Waals surface area contributed by atoms with Crippen LogP contribution in [0.3, 0.4) is 0 Å². The van der Waals surface area contributed by atoms with Gasteiger partial charge in [-0.15, -0.1) is 24.0 Å². The van der Waals surface area contributed by atoms with Crippen LogP contribution in [0.15, 0.2) is 58.0 Å². The Hall–Kier alpha value is -1.61. The van der Waals surface area contributed by atoms with Gasteiger partial charge in [0.25, 0.3) is 0 Å². The van der Waals surface area contributed by atoms with Crippen molar-refractivity contribution in [3.8, 4) is 0 Å². The largest absolute Gasteiger partial charge is 0.370 e. The van der Waals surface area contributed by atoms with Crippen LogP contribution in [0.5, 0.6) is 0 Å². The van der Waals surface area contributed by atoms with E-state index in [-0.39, 0.29) is 42.4 Å². The van der Waals surface area contributed by atoms with Gasteiger partial charge in [-0.1, -0.05) is 41.1 Å². The molecule has 128 valence electrons. The molecule has 7 heteroatoms. The smallest absolute Gasteiger partial charge is 0.246 e. The molecule has 0 aliphatic heterocycles. The highest BCUT2D eigenvalue weighted by molar-refractivity contribution is 14.0. The van der Waals surface area contributed by atoms with Crippen LogP contribution in [0.4, 0.5) is 11.4 Å². The van der Waals surface area contributed by atoms with E-state index in [9.17, 15) is 4.79 Å². The molecule has 0 bridgehead atoms. The molecule has 0 atom stereocenters. The maximum absolute atomic E-state index is 11.9. The Kier molecular flexibility index (Phi) is 8.77. The van der Waals surface area contributed by atoms with Gasteiger partial charge < -0.3 is 16.4 Å². The fourth-order valence-electron chi connectivity index (χ4n) is 1.98. The van der Waals surface area contributed by atoms with Crippen molar-refractivity contribution in [1.29, 1.82) is 0 Å². The third-order valence-electron chi connectivity index (χ3n) is 3.11. The standard InChI is InChI=1S/C17H19BrN4O.HI/c1-2-12-5-3-7-14(9-12)22-17(19)20-11-16(23)21-15-8-4-6-13(18)10-15;/h3-10H,2,11H2,1H3,(H,21,23)(H3,19,20,22);1H. The molecule has 2 rings (SSSR count). The summed E-state index contributed by atoms with van der Waals surface area (Å²) in [4.78, 5) is 15.9. The Balaban J connectivity index is 0.00000288. The van der Waals surface area contributed by atoms with Crippen LogP contribution in [-0.4, -0.2) is 18.4 Å². The van der Waals surface area contributed by atoms with E-state index in [1.54, 1.807) is 0 Å². The van der Waals surface area contributed by atoms with Crippen molar-refractivity contribution in [1.82, 2.24) is 0 Å². The van der Waals surface area contributed by atoms with E-state index in [0.717, 1.165) is 16.6 Å². The second-order valence-electron chi connectivity index (χ2n) is 4.94. The average molecular weight is 503 g/mol. The molecular weight excluding hydrogens is 483 g/mol. The highest BCUT2D eigenvalue weighted by Crippen LogP contribution is 2.15. The number of carbonyl (C=O) groups is 1. The highest BCUT2D eigenvalue weighted by atomic mass is 127. The zero-order chi connectivity index (χ0) is 16.7. The van der Waals surface area contributed by atoms with Gasteiger partial charge in [0.2, 0.25) is 5.91 Å². The molecule has 0 heterocycles. The predicted octanol–water partition coefficient (Wildman–Crippen LogP) is 3.99. The van der Waals surface area contributed by atoms with Crippen LogP contribution in [0.1, 0.15) is 12.5 Å². The topological polar surface area (TPSA) is 79.5 Å². The van der Waals surface area contributed by atoms with Gasteiger partial charge in [-0.05, 0) is 42.3 Å². The first-order valence-electron chi connectivity index (χ1n) is 7.28. The third-order valence-corrected chi connectivity index (χ3v) is 3.60. The van der Waals surface area contributed by atoms with Crippen LogP contribution in [0, 0.1) is 0 Å². The summed E-state index contributed by atoms with van der Waals surface area (Å²) in [5.74, 6) is -0.0159. The van der Waals surface area contributed by atoms with Crippen molar-refractivity contribution in [2.24, 2.45) is 10.7 Å². The van der Waals surface area contributed by atoms with Crippen molar-refractivity contribution in [3.05, 3.63) is 58.6 Å². The highest BCUT2D eigenvalue weighted by Gasteiger charge is 2.03. The quantitative estimate of drug-likeness (QED) is 0.328. The number of nitrogens with two attached hydrogens (primary N) is 1. The van der Waals surface area contributed by atoms with Crippen molar-refractivity contribution in [2.45, 2.75) is 13.3 Å². The van der Waals surface area contributed by atoms with Crippen molar-refractivity contribution in [2.75, 3.05) is 17.2 Å². The first-order valence-corrected chi connectivity index (χ1v) is 8.07. The number of aryl methyl sites for hydroxylation is 1. The number of hydrogen-bond acceptors (Lipinski definition) is 2. The van der Waals surface area contributed by atoms with E-state index < -0.39 is 0 Å². The third kappa shape index (κ3) is 6.88.